The van der Waals surface area contributed by atoms with Crippen molar-refractivity contribution in [2.45, 2.75) is 12.3 Å². The van der Waals surface area contributed by atoms with E-state index in [0.29, 0.717) is 19.5 Å². The first-order valence-corrected chi connectivity index (χ1v) is 11.8. The predicted octanol–water partition coefficient (Wildman–Crippen LogP) is 1.82. The minimum Gasteiger partial charge on any atom is -0.481 e. The lowest BCUT2D eigenvalue weighted by Crippen LogP contribution is -2.45. The van der Waals surface area contributed by atoms with Gasteiger partial charge in [0.1, 0.15) is 13.2 Å². The van der Waals surface area contributed by atoms with E-state index in [0.717, 1.165) is 22.3 Å². The largest absolute Gasteiger partial charge is 0.481 e. The number of hydrogen-bond donors (Lipinski definition) is 3. The number of carboxylic acid groups (broad SMARTS) is 1. The molecule has 3 aliphatic rings. The van der Waals surface area contributed by atoms with Gasteiger partial charge in [-0.15, -0.1) is 0 Å². The molecule has 2 fully saturated rings. The summed E-state index contributed by atoms with van der Waals surface area (Å²) in [6.07, 6.45) is -0.0335. The molecule has 1 saturated carbocycles. The SMILES string of the molecule is O=C(CNC(=O)OCC1c2ccccc2-c2ccccc21)NCC(=O)N1CCC2C(C1)C2C(=O)O. The number of benzene rings is 2. The molecule has 182 valence electrons. The van der Waals surface area contributed by atoms with Crippen molar-refractivity contribution >= 4 is 23.9 Å². The number of aliphatic carboxylic acids is 1. The van der Waals surface area contributed by atoms with Gasteiger partial charge in [0.2, 0.25) is 11.8 Å². The molecule has 0 spiro atoms. The van der Waals surface area contributed by atoms with Crippen LogP contribution < -0.4 is 10.6 Å². The first kappa shape index (κ1) is 22.9. The van der Waals surface area contributed by atoms with Gasteiger partial charge in [-0.1, -0.05) is 48.5 Å². The van der Waals surface area contributed by atoms with Crippen LogP contribution in [-0.4, -0.2) is 66.7 Å². The van der Waals surface area contributed by atoms with Gasteiger partial charge in [-0.05, 0) is 40.5 Å². The van der Waals surface area contributed by atoms with E-state index in [4.69, 9.17) is 4.74 Å². The van der Waals surface area contributed by atoms with E-state index in [1.54, 1.807) is 4.90 Å². The highest BCUT2D eigenvalue weighted by atomic mass is 16.5. The van der Waals surface area contributed by atoms with Crippen LogP contribution in [0.1, 0.15) is 23.5 Å². The number of likely N-dealkylation sites (tertiary alicyclic amines) is 1. The van der Waals surface area contributed by atoms with Crippen LogP contribution in [0.2, 0.25) is 0 Å². The average molecular weight is 478 g/mol. The number of rotatable bonds is 7. The zero-order valence-electron chi connectivity index (χ0n) is 19.1. The normalized spacial score (nSPS) is 21.8. The topological polar surface area (TPSA) is 125 Å². The van der Waals surface area contributed by atoms with Gasteiger partial charge < -0.3 is 25.4 Å². The second kappa shape index (κ2) is 9.40. The lowest BCUT2D eigenvalue weighted by molar-refractivity contribution is -0.139. The van der Waals surface area contributed by atoms with E-state index < -0.39 is 18.0 Å². The Morgan fingerprint density at radius 1 is 0.914 bits per heavy atom. The number of amides is 3. The Morgan fingerprint density at radius 3 is 2.23 bits per heavy atom. The molecule has 9 nitrogen and oxygen atoms in total. The molecule has 0 bridgehead atoms. The highest BCUT2D eigenvalue weighted by molar-refractivity contribution is 5.87. The number of alkyl carbamates (subject to hydrolysis) is 1. The molecular weight excluding hydrogens is 450 g/mol. The highest BCUT2D eigenvalue weighted by Gasteiger charge is 2.57. The van der Waals surface area contributed by atoms with Crippen LogP contribution in [0.3, 0.4) is 0 Å². The predicted molar refractivity (Wildman–Crippen MR) is 125 cm³/mol. The maximum absolute atomic E-state index is 12.4. The first-order valence-electron chi connectivity index (χ1n) is 11.8. The molecule has 3 amide bonds. The Kier molecular flexibility index (Phi) is 6.15. The second-order valence-corrected chi connectivity index (χ2v) is 9.28. The summed E-state index contributed by atoms with van der Waals surface area (Å²) in [5.74, 6) is -1.82. The van der Waals surface area contributed by atoms with Crippen LogP contribution in [0.25, 0.3) is 11.1 Å². The van der Waals surface area contributed by atoms with Gasteiger partial charge in [0.05, 0.1) is 12.5 Å². The summed E-state index contributed by atoms with van der Waals surface area (Å²) in [7, 11) is 0. The Bertz CT molecular complexity index is 1140. The van der Waals surface area contributed by atoms with E-state index in [1.807, 2.05) is 36.4 Å². The third kappa shape index (κ3) is 4.58. The number of piperidine rings is 1. The van der Waals surface area contributed by atoms with Gasteiger partial charge >= 0.3 is 12.1 Å². The number of fused-ring (bicyclic) bond motifs is 4. The number of ether oxygens (including phenoxy) is 1. The first-order chi connectivity index (χ1) is 16.9. The van der Waals surface area contributed by atoms with Crippen molar-refractivity contribution in [1.29, 1.82) is 0 Å². The van der Waals surface area contributed by atoms with Crippen molar-refractivity contribution in [3.05, 3.63) is 59.7 Å². The Labute approximate surface area is 202 Å². The standard InChI is InChI=1S/C26H27N3O6/c30-22(27-12-23(31)29-10-9-19-20(13-29)24(19)25(32)33)11-28-26(34)35-14-21-17-7-3-1-5-15(17)16-6-2-4-8-18(16)21/h1-8,19-21,24H,9-14H2,(H,27,30)(H,28,34)(H,32,33). The minimum absolute atomic E-state index is 0.0103. The number of carboxylic acids is 1. The monoisotopic (exact) mass is 477 g/mol. The maximum Gasteiger partial charge on any atom is 0.407 e. The zero-order valence-corrected chi connectivity index (χ0v) is 19.1. The van der Waals surface area contributed by atoms with Crippen molar-refractivity contribution < 1.29 is 29.0 Å². The molecule has 0 radical (unpaired) electrons. The second-order valence-electron chi connectivity index (χ2n) is 9.28. The molecule has 9 heteroatoms. The molecule has 2 aliphatic carbocycles. The quantitative estimate of drug-likeness (QED) is 0.559. The molecule has 1 heterocycles. The highest BCUT2D eigenvalue weighted by Crippen LogP contribution is 2.51. The Hall–Kier alpha value is -3.88. The molecule has 1 aliphatic heterocycles. The van der Waals surface area contributed by atoms with Gasteiger partial charge in [0, 0.05) is 19.0 Å². The Balaban J connectivity index is 1.04. The molecule has 2 aromatic rings. The number of nitrogens with one attached hydrogen (secondary N) is 2. The molecule has 3 atom stereocenters. The molecule has 3 N–H and O–H groups in total. The summed E-state index contributed by atoms with van der Waals surface area (Å²) < 4.78 is 5.40. The van der Waals surface area contributed by atoms with Crippen molar-refractivity contribution in [3.8, 4) is 11.1 Å². The summed E-state index contributed by atoms with van der Waals surface area (Å²) in [4.78, 5) is 49.5. The van der Waals surface area contributed by atoms with Crippen LogP contribution in [0.5, 0.6) is 0 Å². The molecule has 2 aromatic carbocycles. The van der Waals surface area contributed by atoms with Crippen molar-refractivity contribution in [2.24, 2.45) is 17.8 Å². The minimum atomic E-state index is -0.804. The van der Waals surface area contributed by atoms with Gasteiger partial charge in [-0.25, -0.2) is 4.79 Å². The molecule has 1 saturated heterocycles. The molecule has 3 unspecified atom stereocenters. The molecular formula is C26H27N3O6. The lowest BCUT2D eigenvalue weighted by Gasteiger charge is -2.26. The summed E-state index contributed by atoms with van der Waals surface area (Å²) >= 11 is 0. The third-order valence-electron chi connectivity index (χ3n) is 7.31. The number of carbonyl (C=O) groups excluding carboxylic acids is 3. The number of carbonyl (C=O) groups is 4. The van der Waals surface area contributed by atoms with E-state index in [2.05, 4.69) is 22.8 Å². The number of hydrogen-bond acceptors (Lipinski definition) is 5. The van der Waals surface area contributed by atoms with Crippen molar-refractivity contribution in [2.75, 3.05) is 32.8 Å². The molecule has 0 aromatic heterocycles. The van der Waals surface area contributed by atoms with E-state index in [9.17, 15) is 24.3 Å². The van der Waals surface area contributed by atoms with Gasteiger partial charge in [0.25, 0.3) is 0 Å². The fourth-order valence-corrected chi connectivity index (χ4v) is 5.48. The molecule has 5 rings (SSSR count). The zero-order chi connectivity index (χ0) is 24.5. The summed E-state index contributed by atoms with van der Waals surface area (Å²) in [6, 6.07) is 16.0. The Morgan fingerprint density at radius 2 is 1.57 bits per heavy atom. The smallest absolute Gasteiger partial charge is 0.407 e. The fraction of sp³-hybridized carbons (Fsp3) is 0.385. The lowest BCUT2D eigenvalue weighted by atomic mass is 9.98. The molecule has 35 heavy (non-hydrogen) atoms. The third-order valence-corrected chi connectivity index (χ3v) is 7.31. The van der Waals surface area contributed by atoms with Gasteiger partial charge in [0.15, 0.2) is 0 Å². The van der Waals surface area contributed by atoms with Crippen LogP contribution in [0, 0.1) is 17.8 Å². The van der Waals surface area contributed by atoms with E-state index in [-0.39, 0.29) is 49.3 Å². The van der Waals surface area contributed by atoms with Crippen molar-refractivity contribution in [3.63, 3.8) is 0 Å². The number of nitrogens with zero attached hydrogens (tertiary/aromatic N) is 1. The summed E-state index contributed by atoms with van der Waals surface area (Å²) in [6.45, 7) is 0.552. The van der Waals surface area contributed by atoms with Gasteiger partial charge in [-0.3, -0.25) is 14.4 Å². The average Bonchev–Trinajstić information content (AvgIpc) is 3.52. The van der Waals surface area contributed by atoms with Crippen LogP contribution in [0.4, 0.5) is 4.79 Å². The summed E-state index contributed by atoms with van der Waals surface area (Å²) in [5.41, 5.74) is 4.46. The van der Waals surface area contributed by atoms with E-state index in [1.165, 1.54) is 0 Å². The van der Waals surface area contributed by atoms with Crippen molar-refractivity contribution in [1.82, 2.24) is 15.5 Å². The van der Waals surface area contributed by atoms with Gasteiger partial charge in [-0.2, -0.15) is 0 Å². The fourth-order valence-electron chi connectivity index (χ4n) is 5.48. The van der Waals surface area contributed by atoms with Crippen LogP contribution in [0.15, 0.2) is 48.5 Å². The van der Waals surface area contributed by atoms with Crippen LogP contribution in [-0.2, 0) is 19.1 Å². The van der Waals surface area contributed by atoms with E-state index >= 15 is 0 Å². The van der Waals surface area contributed by atoms with Crippen LogP contribution >= 0.6 is 0 Å². The summed E-state index contributed by atoms with van der Waals surface area (Å²) in [5, 5.41) is 14.1. The maximum atomic E-state index is 12.4.